The summed E-state index contributed by atoms with van der Waals surface area (Å²) >= 11 is 0. The van der Waals surface area contributed by atoms with Gasteiger partial charge in [-0.1, -0.05) is 6.07 Å². The molecule has 0 heterocycles. The topological polar surface area (TPSA) is 46.5 Å². The summed E-state index contributed by atoms with van der Waals surface area (Å²) in [4.78, 5) is 11.4. The standard InChI is InChI=1S/C13H18O3/c1-9-5-6-11(10(2)14)12(7-9)16-8-13(3,4)15/h5-7,15H,8H2,1-4H3. The SMILES string of the molecule is CC(=O)c1ccc(C)cc1OCC(C)(C)O. The van der Waals surface area contributed by atoms with Crippen molar-refractivity contribution in [1.29, 1.82) is 0 Å². The molecule has 3 nitrogen and oxygen atoms in total. The zero-order valence-corrected chi connectivity index (χ0v) is 10.2. The molecule has 88 valence electrons. The lowest BCUT2D eigenvalue weighted by molar-refractivity contribution is 0.0281. The molecular weight excluding hydrogens is 204 g/mol. The fourth-order valence-corrected chi connectivity index (χ4v) is 1.29. The molecule has 0 saturated carbocycles. The van der Waals surface area contributed by atoms with Gasteiger partial charge in [-0.25, -0.2) is 0 Å². The Kier molecular flexibility index (Phi) is 3.70. The van der Waals surface area contributed by atoms with E-state index in [4.69, 9.17) is 4.74 Å². The number of Topliss-reactive ketones (excluding diaryl/α,β-unsaturated/α-hetero) is 1. The van der Waals surface area contributed by atoms with Crippen LogP contribution in [0.1, 0.15) is 36.7 Å². The van der Waals surface area contributed by atoms with Crippen LogP contribution in [0.4, 0.5) is 0 Å². The molecule has 1 aromatic rings. The Morgan fingerprint density at radius 2 is 2.06 bits per heavy atom. The van der Waals surface area contributed by atoms with Crippen molar-refractivity contribution in [3.05, 3.63) is 29.3 Å². The minimum Gasteiger partial charge on any atom is -0.490 e. The van der Waals surface area contributed by atoms with E-state index >= 15 is 0 Å². The summed E-state index contributed by atoms with van der Waals surface area (Å²) in [6.07, 6.45) is 0. The summed E-state index contributed by atoms with van der Waals surface area (Å²) in [6.45, 7) is 6.92. The molecule has 3 heteroatoms. The summed E-state index contributed by atoms with van der Waals surface area (Å²) in [5.74, 6) is 0.500. The molecule has 0 atom stereocenters. The number of rotatable bonds is 4. The fourth-order valence-electron chi connectivity index (χ4n) is 1.29. The Morgan fingerprint density at radius 3 is 2.56 bits per heavy atom. The normalized spacial score (nSPS) is 11.3. The largest absolute Gasteiger partial charge is 0.490 e. The molecule has 0 spiro atoms. The van der Waals surface area contributed by atoms with Gasteiger partial charge in [-0.05, 0) is 45.4 Å². The van der Waals surface area contributed by atoms with Crippen molar-refractivity contribution in [2.24, 2.45) is 0 Å². The second-order valence-corrected chi connectivity index (χ2v) is 4.66. The summed E-state index contributed by atoms with van der Waals surface area (Å²) in [5, 5.41) is 9.57. The van der Waals surface area contributed by atoms with Gasteiger partial charge in [0, 0.05) is 0 Å². The van der Waals surface area contributed by atoms with E-state index in [0.29, 0.717) is 11.3 Å². The predicted molar refractivity (Wildman–Crippen MR) is 63.0 cm³/mol. The lowest BCUT2D eigenvalue weighted by Gasteiger charge is -2.19. The van der Waals surface area contributed by atoms with Crippen LogP contribution in [0.2, 0.25) is 0 Å². The van der Waals surface area contributed by atoms with Crippen LogP contribution in [-0.2, 0) is 0 Å². The summed E-state index contributed by atoms with van der Waals surface area (Å²) < 4.78 is 5.47. The molecule has 0 radical (unpaired) electrons. The molecule has 1 aromatic carbocycles. The van der Waals surface area contributed by atoms with E-state index in [-0.39, 0.29) is 12.4 Å². The monoisotopic (exact) mass is 222 g/mol. The highest BCUT2D eigenvalue weighted by Crippen LogP contribution is 2.21. The van der Waals surface area contributed by atoms with Crippen molar-refractivity contribution in [2.75, 3.05) is 6.61 Å². The van der Waals surface area contributed by atoms with Gasteiger partial charge in [-0.3, -0.25) is 4.79 Å². The predicted octanol–water partition coefficient (Wildman–Crippen LogP) is 2.35. The Hall–Kier alpha value is -1.35. The first-order valence-corrected chi connectivity index (χ1v) is 5.26. The first-order chi connectivity index (χ1) is 7.29. The summed E-state index contributed by atoms with van der Waals surface area (Å²) in [5.41, 5.74) is 0.670. The second-order valence-electron chi connectivity index (χ2n) is 4.66. The molecular formula is C13H18O3. The van der Waals surface area contributed by atoms with E-state index in [0.717, 1.165) is 5.56 Å². The maximum atomic E-state index is 11.4. The van der Waals surface area contributed by atoms with Gasteiger partial charge in [0.1, 0.15) is 12.4 Å². The molecule has 0 unspecified atom stereocenters. The van der Waals surface area contributed by atoms with Gasteiger partial charge in [0.15, 0.2) is 5.78 Å². The molecule has 0 aliphatic heterocycles. The lowest BCUT2D eigenvalue weighted by atomic mass is 10.1. The first-order valence-electron chi connectivity index (χ1n) is 5.26. The Morgan fingerprint density at radius 1 is 1.44 bits per heavy atom. The van der Waals surface area contributed by atoms with Gasteiger partial charge in [0.2, 0.25) is 0 Å². The first kappa shape index (κ1) is 12.7. The Bertz CT molecular complexity index is 389. The van der Waals surface area contributed by atoms with E-state index in [2.05, 4.69) is 0 Å². The number of aliphatic hydroxyl groups is 1. The van der Waals surface area contributed by atoms with E-state index in [1.165, 1.54) is 6.92 Å². The number of carbonyl (C=O) groups excluding carboxylic acids is 1. The maximum Gasteiger partial charge on any atom is 0.163 e. The van der Waals surface area contributed by atoms with Crippen LogP contribution in [0.15, 0.2) is 18.2 Å². The van der Waals surface area contributed by atoms with E-state index in [9.17, 15) is 9.90 Å². The van der Waals surface area contributed by atoms with Gasteiger partial charge in [-0.2, -0.15) is 0 Å². The van der Waals surface area contributed by atoms with E-state index in [1.807, 2.05) is 19.1 Å². The molecule has 1 N–H and O–H groups in total. The molecule has 0 aliphatic carbocycles. The number of hydrogen-bond acceptors (Lipinski definition) is 3. The second kappa shape index (κ2) is 4.66. The van der Waals surface area contributed by atoms with Crippen molar-refractivity contribution in [3.8, 4) is 5.75 Å². The van der Waals surface area contributed by atoms with Crippen LogP contribution >= 0.6 is 0 Å². The number of ether oxygens (including phenoxy) is 1. The van der Waals surface area contributed by atoms with E-state index < -0.39 is 5.60 Å². The molecule has 16 heavy (non-hydrogen) atoms. The Balaban J connectivity index is 2.93. The van der Waals surface area contributed by atoms with Crippen LogP contribution < -0.4 is 4.74 Å². The van der Waals surface area contributed by atoms with Crippen LogP contribution in [0.3, 0.4) is 0 Å². The average Bonchev–Trinajstić information content (AvgIpc) is 2.13. The molecule has 0 saturated heterocycles. The molecule has 0 bridgehead atoms. The third kappa shape index (κ3) is 3.66. The molecule has 0 amide bonds. The van der Waals surface area contributed by atoms with Crippen LogP contribution in [0.5, 0.6) is 5.75 Å². The molecule has 0 fully saturated rings. The van der Waals surface area contributed by atoms with Crippen molar-refractivity contribution in [2.45, 2.75) is 33.3 Å². The van der Waals surface area contributed by atoms with Gasteiger partial charge >= 0.3 is 0 Å². The summed E-state index contributed by atoms with van der Waals surface area (Å²) in [7, 11) is 0. The van der Waals surface area contributed by atoms with Gasteiger partial charge in [0.25, 0.3) is 0 Å². The highest BCUT2D eigenvalue weighted by atomic mass is 16.5. The smallest absolute Gasteiger partial charge is 0.163 e. The van der Waals surface area contributed by atoms with Crippen molar-refractivity contribution in [1.82, 2.24) is 0 Å². The molecule has 0 aromatic heterocycles. The fraction of sp³-hybridized carbons (Fsp3) is 0.462. The van der Waals surface area contributed by atoms with Crippen molar-refractivity contribution >= 4 is 5.78 Å². The quantitative estimate of drug-likeness (QED) is 0.795. The number of benzene rings is 1. The molecule has 0 aliphatic rings. The zero-order chi connectivity index (χ0) is 12.3. The minimum absolute atomic E-state index is 0.0363. The number of hydrogen-bond donors (Lipinski definition) is 1. The minimum atomic E-state index is -0.905. The summed E-state index contributed by atoms with van der Waals surface area (Å²) in [6, 6.07) is 5.42. The third-order valence-electron chi connectivity index (χ3n) is 2.10. The van der Waals surface area contributed by atoms with Crippen LogP contribution in [0, 0.1) is 6.92 Å². The van der Waals surface area contributed by atoms with E-state index in [1.54, 1.807) is 19.9 Å². The number of carbonyl (C=O) groups is 1. The van der Waals surface area contributed by atoms with Crippen molar-refractivity contribution < 1.29 is 14.6 Å². The van der Waals surface area contributed by atoms with Crippen LogP contribution in [0.25, 0.3) is 0 Å². The average molecular weight is 222 g/mol. The van der Waals surface area contributed by atoms with Crippen molar-refractivity contribution in [3.63, 3.8) is 0 Å². The number of ketones is 1. The van der Waals surface area contributed by atoms with Crippen LogP contribution in [-0.4, -0.2) is 23.1 Å². The van der Waals surface area contributed by atoms with Gasteiger partial charge < -0.3 is 9.84 Å². The molecule has 1 rings (SSSR count). The maximum absolute atomic E-state index is 11.4. The van der Waals surface area contributed by atoms with Gasteiger partial charge in [-0.15, -0.1) is 0 Å². The lowest BCUT2D eigenvalue weighted by Crippen LogP contribution is -2.28. The third-order valence-corrected chi connectivity index (χ3v) is 2.10. The highest BCUT2D eigenvalue weighted by Gasteiger charge is 2.16. The van der Waals surface area contributed by atoms with Gasteiger partial charge in [0.05, 0.1) is 11.2 Å². The zero-order valence-electron chi connectivity index (χ0n) is 10.2. The number of aryl methyl sites for hydroxylation is 1. The highest BCUT2D eigenvalue weighted by molar-refractivity contribution is 5.96. The Labute approximate surface area is 96.1 Å².